The van der Waals surface area contributed by atoms with Crippen molar-refractivity contribution in [2.45, 2.75) is 38.5 Å². The Kier molecular flexibility index (Phi) is 3.77. The maximum Gasteiger partial charge on any atom is 0.408 e. The average Bonchev–Trinajstić information content (AvgIpc) is 2.83. The molecule has 5 nitrogen and oxygen atoms in total. The van der Waals surface area contributed by atoms with Crippen LogP contribution in [0.15, 0.2) is 6.20 Å². The van der Waals surface area contributed by atoms with Crippen LogP contribution < -0.4 is 5.32 Å². The van der Waals surface area contributed by atoms with Gasteiger partial charge in [-0.3, -0.25) is 9.48 Å². The molecular formula is C12H16F3N3O2. The first kappa shape index (κ1) is 14.8. The normalized spacial score (nSPS) is 23.1. The summed E-state index contributed by atoms with van der Waals surface area (Å²) in [4.78, 5) is 12.1. The number of carbonyl (C=O) groups excluding carboxylic acids is 1. The van der Waals surface area contributed by atoms with E-state index in [-0.39, 0.29) is 11.3 Å². The lowest BCUT2D eigenvalue weighted by molar-refractivity contribution is -0.142. The maximum absolute atomic E-state index is 12.3. The van der Waals surface area contributed by atoms with Crippen molar-refractivity contribution in [2.75, 3.05) is 13.2 Å². The highest BCUT2D eigenvalue weighted by molar-refractivity contribution is 5.95. The third-order valence-corrected chi connectivity index (χ3v) is 3.17. The lowest BCUT2D eigenvalue weighted by atomic mass is 10.0. The summed E-state index contributed by atoms with van der Waals surface area (Å²) in [5, 5.41) is 6.51. The van der Waals surface area contributed by atoms with E-state index in [1.807, 2.05) is 6.92 Å². The molecule has 8 heteroatoms. The second-order valence-corrected chi connectivity index (χ2v) is 5.26. The number of ether oxygens (including phenoxy) is 1. The molecule has 0 radical (unpaired) electrons. The molecule has 0 aromatic carbocycles. The van der Waals surface area contributed by atoms with E-state index in [1.54, 1.807) is 0 Å². The molecule has 20 heavy (non-hydrogen) atoms. The van der Waals surface area contributed by atoms with Crippen molar-refractivity contribution in [3.05, 3.63) is 17.5 Å². The highest BCUT2D eigenvalue weighted by Crippen LogP contribution is 2.20. The van der Waals surface area contributed by atoms with Crippen LogP contribution in [0.2, 0.25) is 0 Å². The summed E-state index contributed by atoms with van der Waals surface area (Å²) in [6.45, 7) is 3.10. The highest BCUT2D eigenvalue weighted by Gasteiger charge is 2.33. The standard InChI is InChI=1S/C12H16F3N3O2/c1-8-9(5-18(17-8)6-12(13,14)15)10(19)16-11(2)3-4-20-7-11/h5H,3-4,6-7H2,1-2H3,(H,16,19). The van der Waals surface area contributed by atoms with Crippen LogP contribution in [0.4, 0.5) is 13.2 Å². The van der Waals surface area contributed by atoms with Gasteiger partial charge in [-0.2, -0.15) is 18.3 Å². The van der Waals surface area contributed by atoms with Gasteiger partial charge in [0.15, 0.2) is 0 Å². The quantitative estimate of drug-likeness (QED) is 0.921. The van der Waals surface area contributed by atoms with Crippen molar-refractivity contribution in [3.8, 4) is 0 Å². The lowest BCUT2D eigenvalue weighted by Crippen LogP contribution is -2.46. The van der Waals surface area contributed by atoms with Gasteiger partial charge in [-0.15, -0.1) is 0 Å². The molecule has 0 aliphatic carbocycles. The predicted octanol–water partition coefficient (Wildman–Crippen LogP) is 1.66. The van der Waals surface area contributed by atoms with Gasteiger partial charge in [0.25, 0.3) is 5.91 Å². The fraction of sp³-hybridized carbons (Fsp3) is 0.667. The van der Waals surface area contributed by atoms with Gasteiger partial charge in [0, 0.05) is 12.8 Å². The number of halogens is 3. The lowest BCUT2D eigenvalue weighted by Gasteiger charge is -2.23. The molecule has 1 aliphatic heterocycles. The topological polar surface area (TPSA) is 56.2 Å². The van der Waals surface area contributed by atoms with Crippen LogP contribution in [0.1, 0.15) is 29.4 Å². The molecule has 1 unspecified atom stereocenters. The van der Waals surface area contributed by atoms with Crippen LogP contribution in [-0.2, 0) is 11.3 Å². The van der Waals surface area contributed by atoms with Crippen LogP contribution in [0, 0.1) is 6.92 Å². The molecule has 1 saturated heterocycles. The van der Waals surface area contributed by atoms with Crippen LogP contribution in [-0.4, -0.2) is 40.6 Å². The summed E-state index contributed by atoms with van der Waals surface area (Å²) in [6, 6.07) is 0. The third-order valence-electron chi connectivity index (χ3n) is 3.17. The average molecular weight is 291 g/mol. The van der Waals surface area contributed by atoms with E-state index < -0.39 is 24.2 Å². The molecular weight excluding hydrogens is 275 g/mol. The van der Waals surface area contributed by atoms with E-state index in [0.717, 1.165) is 10.9 Å². The number of hydrogen-bond donors (Lipinski definition) is 1. The number of hydrogen-bond acceptors (Lipinski definition) is 3. The molecule has 1 aliphatic rings. The van der Waals surface area contributed by atoms with Gasteiger partial charge in [-0.1, -0.05) is 0 Å². The van der Waals surface area contributed by atoms with Gasteiger partial charge in [0.1, 0.15) is 6.54 Å². The first-order chi connectivity index (χ1) is 9.19. The summed E-state index contributed by atoms with van der Waals surface area (Å²) < 4.78 is 42.8. The van der Waals surface area contributed by atoms with Crippen molar-refractivity contribution >= 4 is 5.91 Å². The second-order valence-electron chi connectivity index (χ2n) is 5.26. The van der Waals surface area contributed by atoms with Crippen LogP contribution in [0.5, 0.6) is 0 Å². The number of nitrogens with zero attached hydrogens (tertiary/aromatic N) is 2. The minimum Gasteiger partial charge on any atom is -0.379 e. The Morgan fingerprint density at radius 1 is 1.60 bits per heavy atom. The molecule has 0 bridgehead atoms. The Balaban J connectivity index is 2.10. The first-order valence-electron chi connectivity index (χ1n) is 6.20. The molecule has 2 heterocycles. The fourth-order valence-corrected chi connectivity index (χ4v) is 2.11. The first-order valence-corrected chi connectivity index (χ1v) is 6.20. The number of aryl methyl sites for hydroxylation is 1. The van der Waals surface area contributed by atoms with Crippen LogP contribution in [0.3, 0.4) is 0 Å². The monoisotopic (exact) mass is 291 g/mol. The zero-order valence-electron chi connectivity index (χ0n) is 11.3. The number of carbonyl (C=O) groups is 1. The zero-order chi connectivity index (χ0) is 15.0. The number of amides is 1. The van der Waals surface area contributed by atoms with Crippen molar-refractivity contribution in [1.29, 1.82) is 0 Å². The predicted molar refractivity (Wildman–Crippen MR) is 64.3 cm³/mol. The fourth-order valence-electron chi connectivity index (χ4n) is 2.11. The Morgan fingerprint density at radius 2 is 2.30 bits per heavy atom. The SMILES string of the molecule is Cc1nn(CC(F)(F)F)cc1C(=O)NC1(C)CCOC1. The zero-order valence-corrected chi connectivity index (χ0v) is 11.3. The molecule has 1 amide bonds. The number of rotatable bonds is 3. The molecule has 2 rings (SSSR count). The van der Waals surface area contributed by atoms with Gasteiger partial charge < -0.3 is 10.1 Å². The molecule has 1 atom stereocenters. The van der Waals surface area contributed by atoms with Crippen LogP contribution in [0.25, 0.3) is 0 Å². The third kappa shape index (κ3) is 3.50. The van der Waals surface area contributed by atoms with E-state index >= 15 is 0 Å². The van der Waals surface area contributed by atoms with E-state index in [9.17, 15) is 18.0 Å². The molecule has 1 aromatic rings. The van der Waals surface area contributed by atoms with Crippen molar-refractivity contribution in [1.82, 2.24) is 15.1 Å². The van der Waals surface area contributed by atoms with Crippen molar-refractivity contribution < 1.29 is 22.7 Å². The smallest absolute Gasteiger partial charge is 0.379 e. The molecule has 0 saturated carbocycles. The van der Waals surface area contributed by atoms with Gasteiger partial charge >= 0.3 is 6.18 Å². The minimum absolute atomic E-state index is 0.155. The number of alkyl halides is 3. The minimum atomic E-state index is -4.36. The van der Waals surface area contributed by atoms with Gasteiger partial charge in [0.2, 0.25) is 0 Å². The largest absolute Gasteiger partial charge is 0.408 e. The second kappa shape index (κ2) is 5.08. The van der Waals surface area contributed by atoms with E-state index in [0.29, 0.717) is 19.6 Å². The Morgan fingerprint density at radius 3 is 2.85 bits per heavy atom. The van der Waals surface area contributed by atoms with E-state index in [2.05, 4.69) is 10.4 Å². The van der Waals surface area contributed by atoms with E-state index in [4.69, 9.17) is 4.74 Å². The van der Waals surface area contributed by atoms with Gasteiger partial charge in [-0.05, 0) is 20.3 Å². The summed E-state index contributed by atoms with van der Waals surface area (Å²) in [6.07, 6.45) is -2.57. The summed E-state index contributed by atoms with van der Waals surface area (Å²) in [5.74, 6) is -0.427. The molecule has 112 valence electrons. The molecule has 0 spiro atoms. The Hall–Kier alpha value is -1.57. The number of aromatic nitrogens is 2. The van der Waals surface area contributed by atoms with Gasteiger partial charge in [-0.25, -0.2) is 0 Å². The maximum atomic E-state index is 12.3. The van der Waals surface area contributed by atoms with E-state index in [1.165, 1.54) is 6.92 Å². The molecule has 1 N–H and O–H groups in total. The van der Waals surface area contributed by atoms with Crippen LogP contribution >= 0.6 is 0 Å². The Labute approximate surface area is 114 Å². The van der Waals surface area contributed by atoms with Crippen molar-refractivity contribution in [3.63, 3.8) is 0 Å². The molecule has 1 fully saturated rings. The Bertz CT molecular complexity index is 505. The summed E-state index contributed by atoms with van der Waals surface area (Å²) in [7, 11) is 0. The summed E-state index contributed by atoms with van der Waals surface area (Å²) >= 11 is 0. The highest BCUT2D eigenvalue weighted by atomic mass is 19.4. The van der Waals surface area contributed by atoms with Crippen molar-refractivity contribution in [2.24, 2.45) is 0 Å². The van der Waals surface area contributed by atoms with Gasteiger partial charge in [0.05, 0.1) is 23.4 Å². The summed E-state index contributed by atoms with van der Waals surface area (Å²) in [5.41, 5.74) is -0.0491. The molecule has 1 aromatic heterocycles. The number of nitrogens with one attached hydrogen (secondary N) is 1.